The monoisotopic (exact) mass is 291 g/mol. The van der Waals surface area contributed by atoms with Gasteiger partial charge in [-0.25, -0.2) is 13.6 Å². The third-order valence-corrected chi connectivity index (χ3v) is 3.71. The minimum absolute atomic E-state index is 0.0232. The van der Waals surface area contributed by atoms with E-state index in [0.717, 1.165) is 0 Å². The van der Waals surface area contributed by atoms with Gasteiger partial charge in [0.1, 0.15) is 5.75 Å². The van der Waals surface area contributed by atoms with Crippen molar-refractivity contribution < 1.29 is 23.1 Å². The topological polar surface area (TPSA) is 107 Å². The molecule has 0 aromatic heterocycles. The number of carboxylic acids is 1. The van der Waals surface area contributed by atoms with E-state index in [2.05, 4.69) is 0 Å². The maximum absolute atomic E-state index is 11.0. The number of carbonyl (C=O) groups is 1. The lowest BCUT2D eigenvalue weighted by atomic mass is 10.3. The molecule has 18 heavy (non-hydrogen) atoms. The van der Waals surface area contributed by atoms with Crippen LogP contribution in [0.3, 0.4) is 0 Å². The van der Waals surface area contributed by atoms with Crippen molar-refractivity contribution in [3.63, 3.8) is 0 Å². The lowest BCUT2D eigenvalue weighted by Crippen LogP contribution is -2.11. The summed E-state index contributed by atoms with van der Waals surface area (Å²) in [5, 5.41) is 13.4. The maximum atomic E-state index is 11.0. The van der Waals surface area contributed by atoms with Crippen molar-refractivity contribution in [2.75, 3.05) is 18.1 Å². The van der Waals surface area contributed by atoms with Gasteiger partial charge in [0.05, 0.1) is 17.3 Å². The van der Waals surface area contributed by atoms with E-state index in [1.165, 1.54) is 36.0 Å². The summed E-state index contributed by atoms with van der Waals surface area (Å²) in [7, 11) is -3.68. The Morgan fingerprint density at radius 2 is 1.94 bits per heavy atom. The first-order valence-corrected chi connectivity index (χ1v) is 7.65. The summed E-state index contributed by atoms with van der Waals surface area (Å²) >= 11 is 1.25. The van der Waals surface area contributed by atoms with Gasteiger partial charge in [-0.3, -0.25) is 4.79 Å². The Morgan fingerprint density at radius 1 is 1.33 bits per heavy atom. The van der Waals surface area contributed by atoms with Crippen LogP contribution in [-0.2, 0) is 14.8 Å². The number of rotatable bonds is 7. The molecule has 0 aliphatic heterocycles. The van der Waals surface area contributed by atoms with E-state index in [-0.39, 0.29) is 10.6 Å². The molecule has 1 aromatic rings. The molecule has 0 heterocycles. The minimum Gasteiger partial charge on any atom is -0.493 e. The van der Waals surface area contributed by atoms with Crippen molar-refractivity contribution in [1.82, 2.24) is 0 Å². The fraction of sp³-hybridized carbons (Fsp3) is 0.300. The van der Waals surface area contributed by atoms with Crippen molar-refractivity contribution >= 4 is 27.8 Å². The molecule has 0 radical (unpaired) electrons. The number of thioether (sulfide) groups is 1. The van der Waals surface area contributed by atoms with E-state index >= 15 is 0 Å². The molecule has 8 heteroatoms. The molecule has 100 valence electrons. The maximum Gasteiger partial charge on any atom is 0.313 e. The molecule has 0 amide bonds. The molecule has 0 spiro atoms. The molecule has 1 rings (SSSR count). The highest BCUT2D eigenvalue weighted by Gasteiger charge is 2.06. The zero-order chi connectivity index (χ0) is 13.6. The molecular weight excluding hydrogens is 278 g/mol. The van der Waals surface area contributed by atoms with E-state index in [0.29, 0.717) is 18.1 Å². The lowest BCUT2D eigenvalue weighted by Gasteiger charge is -2.06. The van der Waals surface area contributed by atoms with Crippen molar-refractivity contribution in [2.45, 2.75) is 4.90 Å². The summed E-state index contributed by atoms with van der Waals surface area (Å²) in [6.07, 6.45) is 0. The molecule has 0 aliphatic rings. The van der Waals surface area contributed by atoms with E-state index in [1.807, 2.05) is 0 Å². The predicted octanol–water partition coefficient (Wildman–Crippen LogP) is 0.531. The molecule has 0 saturated heterocycles. The van der Waals surface area contributed by atoms with Gasteiger partial charge >= 0.3 is 5.97 Å². The summed E-state index contributed by atoms with van der Waals surface area (Å²) in [6.45, 7) is 0.354. The van der Waals surface area contributed by atoms with Gasteiger partial charge in [-0.15, -0.1) is 11.8 Å². The molecule has 0 fully saturated rings. The summed E-state index contributed by atoms with van der Waals surface area (Å²) < 4.78 is 27.3. The second-order valence-electron chi connectivity index (χ2n) is 3.31. The van der Waals surface area contributed by atoms with Gasteiger partial charge in [0, 0.05) is 5.75 Å². The molecule has 0 atom stereocenters. The fourth-order valence-corrected chi connectivity index (χ4v) is 2.14. The van der Waals surface area contributed by atoms with Crippen molar-refractivity contribution in [1.29, 1.82) is 0 Å². The highest BCUT2D eigenvalue weighted by Crippen LogP contribution is 2.15. The number of aliphatic carboxylic acids is 1. The number of carboxylic acid groups (broad SMARTS) is 1. The van der Waals surface area contributed by atoms with E-state index < -0.39 is 16.0 Å². The smallest absolute Gasteiger partial charge is 0.313 e. The Hall–Kier alpha value is -1.25. The molecule has 0 aliphatic carbocycles. The fourth-order valence-electron chi connectivity index (χ4n) is 1.10. The van der Waals surface area contributed by atoms with Gasteiger partial charge in [-0.05, 0) is 24.3 Å². The molecule has 1 aromatic carbocycles. The SMILES string of the molecule is NS(=O)(=O)c1ccc(OCCSCC(=O)O)cc1. The van der Waals surface area contributed by atoms with Gasteiger partial charge in [-0.2, -0.15) is 0 Å². The zero-order valence-corrected chi connectivity index (χ0v) is 11.0. The van der Waals surface area contributed by atoms with Crippen LogP contribution in [0.15, 0.2) is 29.2 Å². The number of nitrogens with two attached hydrogens (primary N) is 1. The number of ether oxygens (including phenoxy) is 1. The Labute approximate surface area is 109 Å². The van der Waals surface area contributed by atoms with Crippen LogP contribution in [0.2, 0.25) is 0 Å². The van der Waals surface area contributed by atoms with Crippen LogP contribution in [0, 0.1) is 0 Å². The number of hydrogen-bond acceptors (Lipinski definition) is 5. The molecule has 0 bridgehead atoms. The van der Waals surface area contributed by atoms with Crippen LogP contribution in [-0.4, -0.2) is 37.6 Å². The molecule has 6 nitrogen and oxygen atoms in total. The first-order valence-electron chi connectivity index (χ1n) is 4.95. The van der Waals surface area contributed by atoms with Gasteiger partial charge < -0.3 is 9.84 Å². The Morgan fingerprint density at radius 3 is 2.44 bits per heavy atom. The second kappa shape index (κ2) is 6.62. The van der Waals surface area contributed by atoms with Crippen LogP contribution < -0.4 is 9.88 Å². The second-order valence-corrected chi connectivity index (χ2v) is 5.98. The summed E-state index contributed by atoms with van der Waals surface area (Å²) in [6, 6.07) is 5.72. The van der Waals surface area contributed by atoms with Crippen molar-refractivity contribution in [3.05, 3.63) is 24.3 Å². The standard InChI is InChI=1S/C10H13NO5S2/c11-18(14,15)9-3-1-8(2-4-9)16-5-6-17-7-10(12)13/h1-4H,5-7H2,(H,12,13)(H2,11,14,15). The quantitative estimate of drug-likeness (QED) is 0.710. The average Bonchev–Trinajstić information content (AvgIpc) is 2.27. The summed E-state index contributed by atoms with van der Waals surface area (Å²) in [5.41, 5.74) is 0. The number of primary sulfonamides is 1. The third kappa shape index (κ3) is 5.39. The van der Waals surface area contributed by atoms with E-state index in [4.69, 9.17) is 15.0 Å². The number of hydrogen-bond donors (Lipinski definition) is 2. The van der Waals surface area contributed by atoms with Crippen LogP contribution >= 0.6 is 11.8 Å². The zero-order valence-electron chi connectivity index (χ0n) is 9.40. The van der Waals surface area contributed by atoms with Gasteiger partial charge in [0.15, 0.2) is 0 Å². The lowest BCUT2D eigenvalue weighted by molar-refractivity contribution is -0.133. The third-order valence-electron chi connectivity index (χ3n) is 1.87. The van der Waals surface area contributed by atoms with Crippen LogP contribution in [0.5, 0.6) is 5.75 Å². The first kappa shape index (κ1) is 14.8. The van der Waals surface area contributed by atoms with E-state index in [1.54, 1.807) is 0 Å². The first-order chi connectivity index (χ1) is 8.39. The normalized spacial score (nSPS) is 11.2. The molecular formula is C10H13NO5S2. The van der Waals surface area contributed by atoms with Crippen LogP contribution in [0.25, 0.3) is 0 Å². The molecule has 0 unspecified atom stereocenters. The molecule has 3 N–H and O–H groups in total. The van der Waals surface area contributed by atoms with Gasteiger partial charge in [-0.1, -0.05) is 0 Å². The largest absolute Gasteiger partial charge is 0.493 e. The van der Waals surface area contributed by atoms with Crippen LogP contribution in [0.4, 0.5) is 0 Å². The van der Waals surface area contributed by atoms with E-state index in [9.17, 15) is 13.2 Å². The molecule has 0 saturated carbocycles. The van der Waals surface area contributed by atoms with Gasteiger partial charge in [0.25, 0.3) is 0 Å². The Kier molecular flexibility index (Phi) is 5.45. The highest BCUT2D eigenvalue weighted by atomic mass is 32.2. The van der Waals surface area contributed by atoms with Gasteiger partial charge in [0.2, 0.25) is 10.0 Å². The average molecular weight is 291 g/mol. The summed E-state index contributed by atoms with van der Waals surface area (Å²) in [4.78, 5) is 10.3. The highest BCUT2D eigenvalue weighted by molar-refractivity contribution is 7.99. The number of sulfonamides is 1. The van der Waals surface area contributed by atoms with Crippen molar-refractivity contribution in [2.24, 2.45) is 5.14 Å². The predicted molar refractivity (Wildman–Crippen MR) is 68.3 cm³/mol. The number of benzene rings is 1. The summed E-state index contributed by atoms with van der Waals surface area (Å²) in [5.74, 6) is 0.229. The Bertz CT molecular complexity index is 498. The minimum atomic E-state index is -3.68. The van der Waals surface area contributed by atoms with Crippen molar-refractivity contribution in [3.8, 4) is 5.75 Å². The van der Waals surface area contributed by atoms with Crippen LogP contribution in [0.1, 0.15) is 0 Å². The Balaban J connectivity index is 2.38.